The quantitative estimate of drug-likeness (QED) is 0.684. The summed E-state index contributed by atoms with van der Waals surface area (Å²) in [6, 6.07) is 8.17. The molecule has 0 bridgehead atoms. The Morgan fingerprint density at radius 2 is 2.23 bits per heavy atom. The van der Waals surface area contributed by atoms with Crippen molar-refractivity contribution in [3.63, 3.8) is 0 Å². The molecule has 0 saturated carbocycles. The highest BCUT2D eigenvalue weighted by molar-refractivity contribution is 5.66. The van der Waals surface area contributed by atoms with Gasteiger partial charge in [-0.25, -0.2) is 0 Å². The zero-order valence-corrected chi connectivity index (χ0v) is 8.50. The van der Waals surface area contributed by atoms with Gasteiger partial charge in [-0.1, -0.05) is 25.1 Å². The van der Waals surface area contributed by atoms with Gasteiger partial charge in [-0.05, 0) is 36.6 Å². The lowest BCUT2D eigenvalue weighted by Crippen LogP contribution is -1.86. The van der Waals surface area contributed by atoms with Gasteiger partial charge in [-0.15, -0.1) is 0 Å². The van der Waals surface area contributed by atoms with Crippen molar-refractivity contribution in [2.24, 2.45) is 0 Å². The Labute approximate surface area is 80.0 Å². The molecule has 0 radical (unpaired) electrons. The van der Waals surface area contributed by atoms with Gasteiger partial charge in [0, 0.05) is 0 Å². The second kappa shape index (κ2) is 4.70. The predicted octanol–water partition coefficient (Wildman–Crippen LogP) is 3.51. The van der Waals surface area contributed by atoms with Crippen LogP contribution >= 0.6 is 0 Å². The number of benzene rings is 1. The van der Waals surface area contributed by atoms with Crippen LogP contribution in [0.4, 0.5) is 0 Å². The van der Waals surface area contributed by atoms with Gasteiger partial charge >= 0.3 is 0 Å². The van der Waals surface area contributed by atoms with Crippen LogP contribution in [0.2, 0.25) is 0 Å². The molecular weight excluding hydrogens is 160 g/mol. The van der Waals surface area contributed by atoms with Crippen molar-refractivity contribution in [1.82, 2.24) is 0 Å². The molecule has 70 valence electrons. The predicted molar refractivity (Wildman–Crippen MR) is 56.9 cm³/mol. The van der Waals surface area contributed by atoms with Gasteiger partial charge in [-0.2, -0.15) is 0 Å². The first-order valence-corrected chi connectivity index (χ1v) is 4.61. The van der Waals surface area contributed by atoms with Gasteiger partial charge in [0.05, 0.1) is 7.11 Å². The normalized spacial score (nSPS) is 11.5. The van der Waals surface area contributed by atoms with E-state index in [1.54, 1.807) is 7.11 Å². The summed E-state index contributed by atoms with van der Waals surface area (Å²) in [5, 5.41) is 0. The van der Waals surface area contributed by atoms with Crippen molar-refractivity contribution < 1.29 is 4.74 Å². The van der Waals surface area contributed by atoms with E-state index in [0.717, 1.165) is 12.2 Å². The molecule has 1 heteroatoms. The lowest BCUT2D eigenvalue weighted by atomic mass is 10.0. The van der Waals surface area contributed by atoms with Gasteiger partial charge in [0.2, 0.25) is 0 Å². The molecule has 0 fully saturated rings. The fourth-order valence-electron chi connectivity index (χ4n) is 1.40. The summed E-state index contributed by atoms with van der Waals surface area (Å²) in [4.78, 5) is 0. The Morgan fingerprint density at radius 1 is 1.46 bits per heavy atom. The molecule has 1 nitrogen and oxygen atoms in total. The number of methoxy groups -OCH3 is 1. The fraction of sp³-hybridized carbons (Fsp3) is 0.333. The van der Waals surface area contributed by atoms with Crippen LogP contribution < -0.4 is 4.74 Å². The van der Waals surface area contributed by atoms with Gasteiger partial charge in [0.25, 0.3) is 0 Å². The molecule has 0 saturated heterocycles. The molecule has 1 aromatic rings. The van der Waals surface area contributed by atoms with Gasteiger partial charge in [0.1, 0.15) is 5.75 Å². The highest BCUT2D eigenvalue weighted by Gasteiger charge is 1.98. The van der Waals surface area contributed by atoms with Gasteiger partial charge < -0.3 is 4.74 Å². The minimum Gasteiger partial charge on any atom is -0.497 e. The highest BCUT2D eigenvalue weighted by atomic mass is 16.5. The number of rotatable bonds is 3. The summed E-state index contributed by atoms with van der Waals surface area (Å²) < 4.78 is 5.17. The minimum atomic E-state index is 0.922. The van der Waals surface area contributed by atoms with E-state index in [9.17, 15) is 0 Å². The van der Waals surface area contributed by atoms with Crippen LogP contribution in [0.25, 0.3) is 5.57 Å². The van der Waals surface area contributed by atoms with E-state index in [2.05, 4.69) is 32.1 Å². The third-order valence-corrected chi connectivity index (χ3v) is 2.17. The van der Waals surface area contributed by atoms with E-state index < -0.39 is 0 Å². The van der Waals surface area contributed by atoms with Crippen molar-refractivity contribution in [3.05, 3.63) is 35.9 Å². The Hall–Kier alpha value is -1.24. The zero-order valence-electron chi connectivity index (χ0n) is 8.50. The molecule has 0 aliphatic rings. The van der Waals surface area contributed by atoms with E-state index in [4.69, 9.17) is 4.74 Å². The third kappa shape index (κ3) is 2.35. The molecule has 0 N–H and O–H groups in total. The van der Waals surface area contributed by atoms with E-state index in [0.29, 0.717) is 0 Å². The molecule has 0 amide bonds. The number of hydrogen-bond donors (Lipinski definition) is 0. The molecule has 0 unspecified atom stereocenters. The third-order valence-electron chi connectivity index (χ3n) is 2.17. The average molecular weight is 176 g/mol. The van der Waals surface area contributed by atoms with Crippen molar-refractivity contribution >= 4 is 5.57 Å². The van der Waals surface area contributed by atoms with E-state index in [1.807, 2.05) is 12.1 Å². The molecular formula is C12H16O. The molecule has 0 heterocycles. The standard InChI is InChI=1S/C12H16O/c1-4-10(5-2)11-7-6-8-12(9-11)13-3/h4,6-9H,5H2,1-3H3/b10-4-. The fourth-order valence-corrected chi connectivity index (χ4v) is 1.40. The second-order valence-electron chi connectivity index (χ2n) is 2.90. The Morgan fingerprint density at radius 3 is 2.77 bits per heavy atom. The van der Waals surface area contributed by atoms with Crippen LogP contribution in [0.5, 0.6) is 5.75 Å². The van der Waals surface area contributed by atoms with E-state index >= 15 is 0 Å². The smallest absolute Gasteiger partial charge is 0.119 e. The molecule has 0 atom stereocenters. The number of hydrogen-bond acceptors (Lipinski definition) is 1. The van der Waals surface area contributed by atoms with E-state index in [-0.39, 0.29) is 0 Å². The minimum absolute atomic E-state index is 0.922. The summed E-state index contributed by atoms with van der Waals surface area (Å²) in [5.74, 6) is 0.922. The van der Waals surface area contributed by atoms with Crippen molar-refractivity contribution in [3.8, 4) is 5.75 Å². The largest absolute Gasteiger partial charge is 0.497 e. The highest BCUT2D eigenvalue weighted by Crippen LogP contribution is 2.21. The maximum Gasteiger partial charge on any atom is 0.119 e. The van der Waals surface area contributed by atoms with E-state index in [1.165, 1.54) is 11.1 Å². The molecule has 0 aromatic heterocycles. The first kappa shape index (κ1) is 9.85. The lowest BCUT2D eigenvalue weighted by molar-refractivity contribution is 0.414. The molecule has 0 spiro atoms. The Kier molecular flexibility index (Phi) is 3.56. The van der Waals surface area contributed by atoms with Gasteiger partial charge in [-0.3, -0.25) is 0 Å². The molecule has 1 rings (SSSR count). The van der Waals surface area contributed by atoms with Crippen LogP contribution in [0, 0.1) is 0 Å². The summed E-state index contributed by atoms with van der Waals surface area (Å²) in [6.45, 7) is 4.23. The van der Waals surface area contributed by atoms with Crippen LogP contribution in [0.3, 0.4) is 0 Å². The Balaban J connectivity index is 3.00. The van der Waals surface area contributed by atoms with Crippen LogP contribution in [-0.2, 0) is 0 Å². The molecule has 1 aromatic carbocycles. The summed E-state index contributed by atoms with van der Waals surface area (Å²) in [6.07, 6.45) is 3.21. The van der Waals surface area contributed by atoms with Crippen molar-refractivity contribution in [1.29, 1.82) is 0 Å². The van der Waals surface area contributed by atoms with Crippen molar-refractivity contribution in [2.45, 2.75) is 20.3 Å². The topological polar surface area (TPSA) is 9.23 Å². The number of allylic oxidation sites excluding steroid dienone is 2. The SMILES string of the molecule is C/C=C(/CC)c1cccc(OC)c1. The Bertz CT molecular complexity index is 300. The van der Waals surface area contributed by atoms with Crippen LogP contribution in [0.15, 0.2) is 30.3 Å². The zero-order chi connectivity index (χ0) is 9.68. The molecule has 0 aliphatic heterocycles. The van der Waals surface area contributed by atoms with Crippen LogP contribution in [0.1, 0.15) is 25.8 Å². The maximum atomic E-state index is 5.17. The van der Waals surface area contributed by atoms with Gasteiger partial charge in [0.15, 0.2) is 0 Å². The molecule has 13 heavy (non-hydrogen) atoms. The first-order chi connectivity index (χ1) is 6.31. The molecule has 0 aliphatic carbocycles. The summed E-state index contributed by atoms with van der Waals surface area (Å²) in [7, 11) is 1.69. The second-order valence-corrected chi connectivity index (χ2v) is 2.90. The monoisotopic (exact) mass is 176 g/mol. The summed E-state index contributed by atoms with van der Waals surface area (Å²) >= 11 is 0. The summed E-state index contributed by atoms with van der Waals surface area (Å²) in [5.41, 5.74) is 2.61. The maximum absolute atomic E-state index is 5.17. The lowest BCUT2D eigenvalue weighted by Gasteiger charge is -2.06. The first-order valence-electron chi connectivity index (χ1n) is 4.61. The van der Waals surface area contributed by atoms with Crippen molar-refractivity contribution in [2.75, 3.05) is 7.11 Å². The number of ether oxygens (including phenoxy) is 1. The average Bonchev–Trinajstić information content (AvgIpc) is 2.20. The van der Waals surface area contributed by atoms with Crippen LogP contribution in [-0.4, -0.2) is 7.11 Å².